The van der Waals surface area contributed by atoms with Gasteiger partial charge in [-0.15, -0.1) is 0 Å². The average Bonchev–Trinajstić information content (AvgIpc) is 2.79. The lowest BCUT2D eigenvalue weighted by Gasteiger charge is -2.06. The van der Waals surface area contributed by atoms with Crippen LogP contribution in [0.2, 0.25) is 5.02 Å². The summed E-state index contributed by atoms with van der Waals surface area (Å²) in [4.78, 5) is 19.0. The average molecular weight is 329 g/mol. The number of hydrogen-bond donors (Lipinski definition) is 0. The Morgan fingerprint density at radius 1 is 1.09 bits per heavy atom. The van der Waals surface area contributed by atoms with Crippen molar-refractivity contribution >= 4 is 46.2 Å². The molecule has 0 atom stereocenters. The van der Waals surface area contributed by atoms with E-state index >= 15 is 0 Å². The molecule has 22 heavy (non-hydrogen) atoms. The zero-order valence-electron chi connectivity index (χ0n) is 11.9. The highest BCUT2D eigenvalue weighted by atomic mass is 35.5. The van der Waals surface area contributed by atoms with Gasteiger partial charge >= 0.3 is 0 Å². The number of hydrogen-bond acceptors (Lipinski definition) is 3. The van der Waals surface area contributed by atoms with E-state index in [0.717, 1.165) is 11.3 Å². The first-order valence-corrected chi connectivity index (χ1v) is 7.90. The maximum atomic E-state index is 12.3. The maximum absolute atomic E-state index is 12.3. The number of amides is 1. The highest BCUT2D eigenvalue weighted by Gasteiger charge is 2.30. The highest BCUT2D eigenvalue weighted by Crippen LogP contribution is 2.34. The van der Waals surface area contributed by atoms with Gasteiger partial charge in [-0.2, -0.15) is 0 Å². The van der Waals surface area contributed by atoms with Crippen LogP contribution in [-0.2, 0) is 4.79 Å². The van der Waals surface area contributed by atoms with E-state index in [4.69, 9.17) is 11.6 Å². The van der Waals surface area contributed by atoms with Crippen LogP contribution in [0.4, 0.5) is 5.69 Å². The third-order valence-corrected chi connectivity index (χ3v) is 4.58. The quantitative estimate of drug-likeness (QED) is 0.756. The van der Waals surface area contributed by atoms with Gasteiger partial charge in [0.05, 0.1) is 10.6 Å². The van der Waals surface area contributed by atoms with Crippen LogP contribution in [0.15, 0.2) is 64.5 Å². The van der Waals surface area contributed by atoms with Gasteiger partial charge in [0.1, 0.15) is 0 Å². The first-order valence-electron chi connectivity index (χ1n) is 6.71. The van der Waals surface area contributed by atoms with E-state index < -0.39 is 0 Å². The van der Waals surface area contributed by atoms with Gasteiger partial charge in [0, 0.05) is 12.1 Å². The second-order valence-corrected chi connectivity index (χ2v) is 6.14. The van der Waals surface area contributed by atoms with Crippen LogP contribution in [0.1, 0.15) is 5.56 Å². The van der Waals surface area contributed by atoms with Crippen molar-refractivity contribution in [1.82, 2.24) is 4.90 Å². The Morgan fingerprint density at radius 3 is 2.50 bits per heavy atom. The molecule has 2 aromatic carbocycles. The van der Waals surface area contributed by atoms with Gasteiger partial charge < -0.3 is 0 Å². The molecule has 0 saturated carbocycles. The molecule has 3 rings (SSSR count). The lowest BCUT2D eigenvalue weighted by molar-refractivity contribution is -0.121. The Hall–Kier alpha value is -2.04. The minimum Gasteiger partial charge on any atom is -0.290 e. The fraction of sp³-hybridized carbons (Fsp3) is 0.0588. The fourth-order valence-corrected chi connectivity index (χ4v) is 3.17. The van der Waals surface area contributed by atoms with Crippen molar-refractivity contribution < 1.29 is 4.79 Å². The van der Waals surface area contributed by atoms with Gasteiger partial charge in [0.25, 0.3) is 5.91 Å². The van der Waals surface area contributed by atoms with Crippen molar-refractivity contribution in [2.75, 3.05) is 7.05 Å². The Labute approximate surface area is 138 Å². The van der Waals surface area contributed by atoms with E-state index in [1.165, 1.54) is 11.8 Å². The minimum atomic E-state index is -0.0698. The summed E-state index contributed by atoms with van der Waals surface area (Å²) in [5.74, 6) is -0.0698. The smallest absolute Gasteiger partial charge is 0.266 e. The number of rotatable bonds is 2. The third kappa shape index (κ3) is 3.08. The number of halogens is 1. The minimum absolute atomic E-state index is 0.0698. The van der Waals surface area contributed by atoms with Gasteiger partial charge in [0.15, 0.2) is 5.17 Å². The maximum Gasteiger partial charge on any atom is 0.266 e. The van der Waals surface area contributed by atoms with Crippen LogP contribution in [0.3, 0.4) is 0 Å². The number of thioether (sulfide) groups is 1. The summed E-state index contributed by atoms with van der Waals surface area (Å²) in [5.41, 5.74) is 1.65. The molecule has 5 heteroatoms. The van der Waals surface area contributed by atoms with E-state index in [1.807, 2.05) is 48.5 Å². The fourth-order valence-electron chi connectivity index (χ4n) is 2.00. The molecule has 1 saturated heterocycles. The second kappa shape index (κ2) is 6.38. The summed E-state index contributed by atoms with van der Waals surface area (Å²) in [7, 11) is 1.73. The second-order valence-electron chi connectivity index (χ2n) is 4.73. The van der Waals surface area contributed by atoms with Crippen molar-refractivity contribution in [2.45, 2.75) is 0 Å². The molecule has 1 amide bonds. The number of carbonyl (C=O) groups excluding carboxylic acids is 1. The summed E-state index contributed by atoms with van der Waals surface area (Å²) in [6, 6.07) is 17.0. The Kier molecular flexibility index (Phi) is 4.32. The van der Waals surface area contributed by atoms with Gasteiger partial charge in [-0.25, -0.2) is 4.99 Å². The number of amidine groups is 1. The topological polar surface area (TPSA) is 32.7 Å². The number of nitrogens with zero attached hydrogens (tertiary/aromatic N) is 2. The van der Waals surface area contributed by atoms with Crippen LogP contribution in [-0.4, -0.2) is 23.0 Å². The molecule has 1 fully saturated rings. The van der Waals surface area contributed by atoms with Crippen molar-refractivity contribution in [2.24, 2.45) is 4.99 Å². The summed E-state index contributed by atoms with van der Waals surface area (Å²) in [6.07, 6.45) is 1.80. The van der Waals surface area contributed by atoms with E-state index in [2.05, 4.69) is 4.99 Å². The van der Waals surface area contributed by atoms with Crippen LogP contribution in [0.5, 0.6) is 0 Å². The molecule has 0 aliphatic carbocycles. The zero-order chi connectivity index (χ0) is 15.5. The summed E-state index contributed by atoms with van der Waals surface area (Å²) < 4.78 is 0. The molecular formula is C17H13ClN2OS. The van der Waals surface area contributed by atoms with Gasteiger partial charge in [-0.3, -0.25) is 9.69 Å². The predicted octanol–water partition coefficient (Wildman–Crippen LogP) is 4.57. The number of carbonyl (C=O) groups is 1. The Bertz CT molecular complexity index is 771. The Balaban J connectivity index is 1.92. The van der Waals surface area contributed by atoms with Gasteiger partial charge in [0.2, 0.25) is 0 Å². The molecule has 0 radical (unpaired) electrons. The van der Waals surface area contributed by atoms with Crippen molar-refractivity contribution in [3.8, 4) is 0 Å². The van der Waals surface area contributed by atoms with Crippen LogP contribution >= 0.6 is 23.4 Å². The molecule has 1 aliphatic rings. The summed E-state index contributed by atoms with van der Waals surface area (Å²) in [5, 5.41) is 1.29. The normalized spacial score (nSPS) is 18.5. The first-order chi connectivity index (χ1) is 10.6. The Morgan fingerprint density at radius 2 is 1.77 bits per heavy atom. The van der Waals surface area contributed by atoms with Crippen LogP contribution < -0.4 is 0 Å². The molecular weight excluding hydrogens is 316 g/mol. The molecule has 2 aromatic rings. The summed E-state index contributed by atoms with van der Waals surface area (Å²) >= 11 is 7.50. The molecule has 1 heterocycles. The zero-order valence-corrected chi connectivity index (χ0v) is 13.4. The molecule has 0 bridgehead atoms. The highest BCUT2D eigenvalue weighted by molar-refractivity contribution is 8.18. The van der Waals surface area contributed by atoms with Gasteiger partial charge in [-0.1, -0.05) is 48.0 Å². The van der Waals surface area contributed by atoms with Gasteiger partial charge in [-0.05, 0) is 41.6 Å². The van der Waals surface area contributed by atoms with Crippen molar-refractivity contribution in [1.29, 1.82) is 0 Å². The van der Waals surface area contributed by atoms with E-state index in [9.17, 15) is 4.79 Å². The predicted molar refractivity (Wildman–Crippen MR) is 93.3 cm³/mol. The van der Waals surface area contributed by atoms with Crippen LogP contribution in [0, 0.1) is 0 Å². The number of benzene rings is 2. The van der Waals surface area contributed by atoms with E-state index in [0.29, 0.717) is 15.1 Å². The summed E-state index contributed by atoms with van der Waals surface area (Å²) in [6.45, 7) is 0. The molecule has 1 aliphatic heterocycles. The molecule has 0 N–H and O–H groups in total. The van der Waals surface area contributed by atoms with E-state index in [-0.39, 0.29) is 5.91 Å². The SMILES string of the molecule is CN1C(=O)/C(=C\c2ccccc2Cl)SC1=Nc1ccccc1. The molecule has 0 spiro atoms. The number of para-hydroxylation sites is 1. The molecule has 0 aromatic heterocycles. The monoisotopic (exact) mass is 328 g/mol. The largest absolute Gasteiger partial charge is 0.290 e. The molecule has 3 nitrogen and oxygen atoms in total. The standard InChI is InChI=1S/C17H13ClN2OS/c1-20-16(21)15(11-12-7-5-6-10-14(12)18)22-17(20)19-13-8-3-2-4-9-13/h2-11H,1H3/b15-11+,19-17?. The van der Waals surface area contributed by atoms with Crippen LogP contribution in [0.25, 0.3) is 6.08 Å². The van der Waals surface area contributed by atoms with Crippen molar-refractivity contribution in [3.63, 3.8) is 0 Å². The molecule has 110 valence electrons. The lowest BCUT2D eigenvalue weighted by atomic mass is 10.2. The van der Waals surface area contributed by atoms with E-state index in [1.54, 1.807) is 24.1 Å². The number of likely N-dealkylation sites (N-methyl/N-ethyl adjacent to an activating group) is 1. The molecule has 0 unspecified atom stereocenters. The van der Waals surface area contributed by atoms with Crippen molar-refractivity contribution in [3.05, 3.63) is 70.1 Å². The first kappa shape index (κ1) is 14.9. The number of aliphatic imine (C=N–C) groups is 1. The lowest BCUT2D eigenvalue weighted by Crippen LogP contribution is -2.23. The third-order valence-electron chi connectivity index (χ3n) is 3.18.